The van der Waals surface area contributed by atoms with Crippen LogP contribution in [0.5, 0.6) is 0 Å². The zero-order valence-corrected chi connectivity index (χ0v) is 12.3. The van der Waals surface area contributed by atoms with Gasteiger partial charge in [-0.05, 0) is 34.5 Å². The van der Waals surface area contributed by atoms with Crippen molar-refractivity contribution < 1.29 is 4.79 Å². The molecule has 0 aliphatic heterocycles. The first-order valence-electron chi connectivity index (χ1n) is 5.89. The number of aromatic nitrogens is 4. The average molecular weight is 324 g/mol. The Morgan fingerprint density at radius 3 is 2.89 bits per heavy atom. The number of rotatable bonds is 4. The van der Waals surface area contributed by atoms with Gasteiger partial charge in [0.15, 0.2) is 0 Å². The number of hydrogen-bond donors (Lipinski definition) is 1. The molecule has 2 rings (SSSR count). The number of hydrogen-bond acceptors (Lipinski definition) is 4. The van der Waals surface area contributed by atoms with Crippen LogP contribution in [0.15, 0.2) is 29.0 Å². The van der Waals surface area contributed by atoms with Gasteiger partial charge >= 0.3 is 0 Å². The molecule has 1 aromatic carbocycles. The second-order valence-electron chi connectivity index (χ2n) is 4.52. The molecule has 1 aromatic heterocycles. The van der Waals surface area contributed by atoms with Crippen molar-refractivity contribution in [3.05, 3.63) is 34.6 Å². The van der Waals surface area contributed by atoms with Crippen LogP contribution in [-0.4, -0.2) is 32.7 Å². The Balaban J connectivity index is 2.33. The lowest BCUT2D eigenvalue weighted by Gasteiger charge is -2.11. The highest BCUT2D eigenvalue weighted by atomic mass is 79.9. The normalized spacial score (nSPS) is 10.7. The monoisotopic (exact) mass is 323 g/mol. The minimum atomic E-state index is -0.138. The third-order valence-corrected chi connectivity index (χ3v) is 2.96. The Morgan fingerprint density at radius 1 is 1.47 bits per heavy atom. The summed E-state index contributed by atoms with van der Waals surface area (Å²) in [4.78, 5) is 12.2. The highest BCUT2D eigenvalue weighted by Crippen LogP contribution is 2.19. The number of amides is 1. The smallest absolute Gasteiger partial charge is 0.253 e. The van der Waals surface area contributed by atoms with Gasteiger partial charge in [0.05, 0.1) is 11.3 Å². The Morgan fingerprint density at radius 2 is 2.26 bits per heavy atom. The fourth-order valence-electron chi connectivity index (χ4n) is 1.55. The minimum absolute atomic E-state index is 0.138. The molecule has 0 aliphatic rings. The van der Waals surface area contributed by atoms with Crippen molar-refractivity contribution in [3.8, 4) is 5.69 Å². The lowest BCUT2D eigenvalue weighted by atomic mass is 10.1. The number of carbonyl (C=O) groups excluding carboxylic acids is 1. The highest BCUT2D eigenvalue weighted by Gasteiger charge is 2.14. The van der Waals surface area contributed by atoms with E-state index in [-0.39, 0.29) is 5.91 Å². The van der Waals surface area contributed by atoms with Gasteiger partial charge in [-0.1, -0.05) is 29.8 Å². The molecule has 0 unspecified atom stereocenters. The summed E-state index contributed by atoms with van der Waals surface area (Å²) in [6.45, 7) is 4.72. The van der Waals surface area contributed by atoms with Crippen molar-refractivity contribution in [3.63, 3.8) is 0 Å². The van der Waals surface area contributed by atoms with Crippen molar-refractivity contribution >= 4 is 21.8 Å². The summed E-state index contributed by atoms with van der Waals surface area (Å²) < 4.78 is 2.30. The molecule has 0 saturated carbocycles. The van der Waals surface area contributed by atoms with E-state index in [4.69, 9.17) is 0 Å². The lowest BCUT2D eigenvalue weighted by molar-refractivity contribution is 0.0949. The van der Waals surface area contributed by atoms with Crippen LogP contribution >= 0.6 is 15.9 Å². The molecule has 6 nitrogen and oxygen atoms in total. The summed E-state index contributed by atoms with van der Waals surface area (Å²) >= 11 is 3.37. The molecule has 0 atom stereocenters. The Labute approximate surface area is 119 Å². The number of tetrazole rings is 1. The molecule has 0 fully saturated rings. The predicted octanol–water partition coefficient (Wildman–Crippen LogP) is 1.81. The molecule has 0 saturated heterocycles. The number of halogens is 1. The van der Waals surface area contributed by atoms with Gasteiger partial charge in [-0.25, -0.2) is 0 Å². The lowest BCUT2D eigenvalue weighted by Crippen LogP contribution is -2.28. The van der Waals surface area contributed by atoms with Crippen molar-refractivity contribution in [1.29, 1.82) is 0 Å². The van der Waals surface area contributed by atoms with E-state index < -0.39 is 0 Å². The van der Waals surface area contributed by atoms with Crippen LogP contribution < -0.4 is 5.32 Å². The molecule has 2 aromatic rings. The zero-order valence-electron chi connectivity index (χ0n) is 10.7. The topological polar surface area (TPSA) is 72.7 Å². The highest BCUT2D eigenvalue weighted by molar-refractivity contribution is 9.10. The van der Waals surface area contributed by atoms with Gasteiger partial charge in [0, 0.05) is 11.0 Å². The molecule has 0 spiro atoms. The van der Waals surface area contributed by atoms with E-state index in [0.29, 0.717) is 23.7 Å². The molecule has 0 radical (unpaired) electrons. The predicted molar refractivity (Wildman–Crippen MR) is 74.0 cm³/mol. The molecule has 1 N–H and O–H groups in total. The van der Waals surface area contributed by atoms with Crippen LogP contribution in [-0.2, 0) is 0 Å². The third-order valence-electron chi connectivity index (χ3n) is 2.47. The van der Waals surface area contributed by atoms with Gasteiger partial charge in [0.25, 0.3) is 5.91 Å². The van der Waals surface area contributed by atoms with Crippen LogP contribution in [0.4, 0.5) is 0 Å². The number of nitrogens with zero attached hydrogens (tertiary/aromatic N) is 4. The van der Waals surface area contributed by atoms with Gasteiger partial charge in [-0.2, -0.15) is 4.68 Å². The van der Waals surface area contributed by atoms with Gasteiger partial charge < -0.3 is 5.32 Å². The SMILES string of the molecule is CC(C)CNC(=O)c1cc(Br)ccc1-n1cnnn1. The fraction of sp³-hybridized carbons (Fsp3) is 0.333. The Kier molecular flexibility index (Phi) is 4.26. The Hall–Kier alpha value is -1.76. The average Bonchev–Trinajstić information content (AvgIpc) is 2.89. The van der Waals surface area contributed by atoms with Crippen molar-refractivity contribution in [2.75, 3.05) is 6.54 Å². The molecule has 1 heterocycles. The van der Waals surface area contributed by atoms with E-state index in [9.17, 15) is 4.79 Å². The van der Waals surface area contributed by atoms with Crippen molar-refractivity contribution in [2.24, 2.45) is 5.92 Å². The largest absolute Gasteiger partial charge is 0.352 e. The molecule has 19 heavy (non-hydrogen) atoms. The van der Waals surface area contributed by atoms with Crippen LogP contribution in [0.2, 0.25) is 0 Å². The summed E-state index contributed by atoms with van der Waals surface area (Å²) in [6.07, 6.45) is 1.46. The fourth-order valence-corrected chi connectivity index (χ4v) is 1.91. The summed E-state index contributed by atoms with van der Waals surface area (Å²) in [6, 6.07) is 5.40. The summed E-state index contributed by atoms with van der Waals surface area (Å²) in [7, 11) is 0. The maximum atomic E-state index is 12.2. The van der Waals surface area contributed by atoms with Gasteiger partial charge in [0.2, 0.25) is 0 Å². The maximum Gasteiger partial charge on any atom is 0.253 e. The maximum absolute atomic E-state index is 12.2. The van der Waals surface area contributed by atoms with E-state index >= 15 is 0 Å². The molecule has 1 amide bonds. The van der Waals surface area contributed by atoms with Gasteiger partial charge in [-0.3, -0.25) is 4.79 Å². The number of carbonyl (C=O) groups is 1. The first-order valence-corrected chi connectivity index (χ1v) is 6.68. The van der Waals surface area contributed by atoms with Gasteiger partial charge in [0.1, 0.15) is 6.33 Å². The van der Waals surface area contributed by atoms with Crippen molar-refractivity contribution in [2.45, 2.75) is 13.8 Å². The molecular formula is C12H14BrN5O. The van der Waals surface area contributed by atoms with Crippen LogP contribution in [0.1, 0.15) is 24.2 Å². The van der Waals surface area contributed by atoms with E-state index in [1.165, 1.54) is 11.0 Å². The second kappa shape index (κ2) is 5.92. The van der Waals surface area contributed by atoms with Gasteiger partial charge in [-0.15, -0.1) is 5.10 Å². The van der Waals surface area contributed by atoms with Crippen molar-refractivity contribution in [1.82, 2.24) is 25.5 Å². The summed E-state index contributed by atoms with van der Waals surface area (Å²) in [5, 5.41) is 13.9. The standard InChI is InChI=1S/C12H14BrN5O/c1-8(2)6-14-12(19)10-5-9(13)3-4-11(10)18-7-15-16-17-18/h3-5,7-8H,6H2,1-2H3,(H,14,19). The summed E-state index contributed by atoms with van der Waals surface area (Å²) in [5.41, 5.74) is 1.18. The molecular weight excluding hydrogens is 310 g/mol. The van der Waals surface area contributed by atoms with E-state index in [0.717, 1.165) is 4.47 Å². The van der Waals surface area contributed by atoms with E-state index in [1.54, 1.807) is 12.1 Å². The zero-order chi connectivity index (χ0) is 13.8. The van der Waals surface area contributed by atoms with E-state index in [1.807, 2.05) is 19.9 Å². The number of benzene rings is 1. The molecule has 0 aliphatic carbocycles. The third kappa shape index (κ3) is 3.37. The summed E-state index contributed by atoms with van der Waals surface area (Å²) in [5.74, 6) is 0.257. The quantitative estimate of drug-likeness (QED) is 0.931. The molecule has 100 valence electrons. The molecule has 7 heteroatoms. The van der Waals surface area contributed by atoms with Crippen LogP contribution in [0.25, 0.3) is 5.69 Å². The Bertz CT molecular complexity index is 568. The second-order valence-corrected chi connectivity index (χ2v) is 5.44. The van der Waals surface area contributed by atoms with E-state index in [2.05, 4.69) is 36.8 Å². The number of nitrogens with one attached hydrogen (secondary N) is 1. The molecule has 0 bridgehead atoms. The first-order chi connectivity index (χ1) is 9.08. The minimum Gasteiger partial charge on any atom is -0.352 e. The van der Waals surface area contributed by atoms with Crippen LogP contribution in [0, 0.1) is 5.92 Å². The first kappa shape index (κ1) is 13.7. The van der Waals surface area contributed by atoms with Crippen LogP contribution in [0.3, 0.4) is 0 Å².